The molecule has 2 aromatic carbocycles. The van der Waals surface area contributed by atoms with Crippen LogP contribution < -0.4 is 10.1 Å². The molecule has 2 saturated heterocycles. The minimum absolute atomic E-state index is 0.0305. The third kappa shape index (κ3) is 5.28. The van der Waals surface area contributed by atoms with Crippen LogP contribution in [0.4, 0.5) is 4.79 Å². The van der Waals surface area contributed by atoms with Crippen molar-refractivity contribution >= 4 is 11.9 Å². The van der Waals surface area contributed by atoms with E-state index in [4.69, 9.17) is 4.74 Å². The first-order valence-electron chi connectivity index (χ1n) is 12.1. The zero-order valence-electron chi connectivity index (χ0n) is 20.4. The highest BCUT2D eigenvalue weighted by atomic mass is 16.5. The lowest BCUT2D eigenvalue weighted by Crippen LogP contribution is -2.56. The van der Waals surface area contributed by atoms with Crippen molar-refractivity contribution in [1.29, 1.82) is 0 Å². The maximum absolute atomic E-state index is 13.7. The molecule has 35 heavy (non-hydrogen) atoms. The minimum Gasteiger partial charge on any atom is -0.507 e. The molecule has 1 atom stereocenters. The Morgan fingerprint density at radius 2 is 1.89 bits per heavy atom. The number of phenolic OH excluding ortho intramolecular Hbond substituents is 1. The average Bonchev–Trinajstić information content (AvgIpc) is 3.13. The number of urea groups is 1. The van der Waals surface area contributed by atoms with Crippen molar-refractivity contribution in [3.63, 3.8) is 0 Å². The second-order valence-electron chi connectivity index (χ2n) is 9.25. The summed E-state index contributed by atoms with van der Waals surface area (Å²) in [7, 11) is 1.58. The number of phenols is 1. The molecular formula is C28H33N3O4. The molecule has 2 heterocycles. The Labute approximate surface area is 207 Å². The van der Waals surface area contributed by atoms with Crippen LogP contribution in [-0.4, -0.2) is 59.1 Å². The smallest absolute Gasteiger partial charge is 0.325 e. The highest BCUT2D eigenvalue weighted by molar-refractivity contribution is 6.07. The molecule has 0 bridgehead atoms. The number of aromatic hydroxyl groups is 1. The maximum atomic E-state index is 13.7. The second-order valence-corrected chi connectivity index (χ2v) is 9.25. The van der Waals surface area contributed by atoms with Gasteiger partial charge in [0.2, 0.25) is 0 Å². The Balaban J connectivity index is 1.48. The summed E-state index contributed by atoms with van der Waals surface area (Å²) in [6.07, 6.45) is 2.83. The van der Waals surface area contributed by atoms with Gasteiger partial charge in [-0.05, 0) is 63.2 Å². The molecule has 0 spiro atoms. The van der Waals surface area contributed by atoms with Gasteiger partial charge >= 0.3 is 6.03 Å². The largest absolute Gasteiger partial charge is 0.507 e. The number of carbonyl (C=O) groups excluding carboxylic acids is 2. The van der Waals surface area contributed by atoms with Crippen molar-refractivity contribution in [1.82, 2.24) is 15.1 Å². The summed E-state index contributed by atoms with van der Waals surface area (Å²) in [4.78, 5) is 30.0. The lowest BCUT2D eigenvalue weighted by atomic mass is 9.74. The van der Waals surface area contributed by atoms with Gasteiger partial charge in [-0.25, -0.2) is 4.79 Å². The third-order valence-electron chi connectivity index (χ3n) is 7.24. The fourth-order valence-electron chi connectivity index (χ4n) is 5.21. The van der Waals surface area contributed by atoms with E-state index in [1.165, 1.54) is 4.90 Å². The van der Waals surface area contributed by atoms with E-state index in [1.807, 2.05) is 30.3 Å². The Bertz CT molecular complexity index is 1120. The molecule has 4 rings (SSSR count). The fourth-order valence-corrected chi connectivity index (χ4v) is 5.21. The van der Waals surface area contributed by atoms with Crippen LogP contribution in [0, 0.1) is 17.8 Å². The first-order chi connectivity index (χ1) is 17.0. The summed E-state index contributed by atoms with van der Waals surface area (Å²) in [6.45, 7) is 4.00. The van der Waals surface area contributed by atoms with E-state index in [1.54, 1.807) is 20.1 Å². The van der Waals surface area contributed by atoms with E-state index in [0.717, 1.165) is 37.1 Å². The van der Waals surface area contributed by atoms with Gasteiger partial charge in [-0.15, -0.1) is 5.92 Å². The molecule has 3 amide bonds. The summed E-state index contributed by atoms with van der Waals surface area (Å²) in [5.41, 5.74) is 1.07. The zero-order chi connectivity index (χ0) is 24.8. The summed E-state index contributed by atoms with van der Waals surface area (Å²) >= 11 is 0. The number of likely N-dealkylation sites (tertiary alicyclic amines) is 1. The quantitative estimate of drug-likeness (QED) is 0.451. The van der Waals surface area contributed by atoms with Crippen LogP contribution in [0.1, 0.15) is 37.3 Å². The van der Waals surface area contributed by atoms with Gasteiger partial charge in [0.15, 0.2) is 0 Å². The predicted octanol–water partition coefficient (Wildman–Crippen LogP) is 3.56. The van der Waals surface area contributed by atoms with Crippen molar-refractivity contribution in [3.05, 3.63) is 59.7 Å². The van der Waals surface area contributed by atoms with Crippen LogP contribution in [0.5, 0.6) is 11.5 Å². The molecule has 2 N–H and O–H groups in total. The van der Waals surface area contributed by atoms with E-state index in [9.17, 15) is 14.7 Å². The molecule has 2 aromatic rings. The van der Waals surface area contributed by atoms with E-state index >= 15 is 0 Å². The van der Waals surface area contributed by atoms with Crippen molar-refractivity contribution in [2.45, 2.75) is 44.7 Å². The molecule has 2 aliphatic heterocycles. The van der Waals surface area contributed by atoms with Gasteiger partial charge in [0.05, 0.1) is 13.7 Å². The number of nitrogens with zero attached hydrogens (tertiary/aromatic N) is 2. The predicted molar refractivity (Wildman–Crippen MR) is 134 cm³/mol. The van der Waals surface area contributed by atoms with Gasteiger partial charge in [0.1, 0.15) is 17.0 Å². The topological polar surface area (TPSA) is 82.1 Å². The van der Waals surface area contributed by atoms with Crippen LogP contribution in [0.2, 0.25) is 0 Å². The third-order valence-corrected chi connectivity index (χ3v) is 7.24. The number of methoxy groups -OCH3 is 1. The number of rotatable bonds is 8. The average molecular weight is 476 g/mol. The number of ether oxygens (including phenoxy) is 1. The number of nitrogens with one attached hydrogen (secondary N) is 1. The van der Waals surface area contributed by atoms with E-state index in [-0.39, 0.29) is 30.2 Å². The summed E-state index contributed by atoms with van der Waals surface area (Å²) in [6, 6.07) is 15.1. The number of benzene rings is 2. The number of piperidine rings is 1. The maximum Gasteiger partial charge on any atom is 0.325 e. The number of imide groups is 1. The standard InChI is InChI=1S/C28H33N3O4/c1-3-4-16-31-26(33)28(29-27(31)34,15-12-21-8-6-5-7-9-21)23-13-17-30(18-14-23)20-22-10-11-24(35-2)19-25(22)32/h5-11,19,23,32H,12-18,20H2,1-2H3,(H,29,34)/t28-/m1/s1. The summed E-state index contributed by atoms with van der Waals surface area (Å²) in [5.74, 6) is 6.36. The summed E-state index contributed by atoms with van der Waals surface area (Å²) < 4.78 is 5.18. The highest BCUT2D eigenvalue weighted by Gasteiger charge is 2.55. The molecule has 0 saturated carbocycles. The molecule has 0 aliphatic carbocycles. The normalized spacial score (nSPS) is 20.9. The van der Waals surface area contributed by atoms with Crippen LogP contribution >= 0.6 is 0 Å². The lowest BCUT2D eigenvalue weighted by molar-refractivity contribution is -0.134. The van der Waals surface area contributed by atoms with E-state index in [2.05, 4.69) is 34.2 Å². The van der Waals surface area contributed by atoms with Crippen LogP contribution in [-0.2, 0) is 17.8 Å². The Morgan fingerprint density at radius 3 is 2.54 bits per heavy atom. The number of amides is 3. The van der Waals surface area contributed by atoms with Crippen LogP contribution in [0.25, 0.3) is 0 Å². The van der Waals surface area contributed by atoms with Gasteiger partial charge in [-0.1, -0.05) is 42.3 Å². The molecule has 0 aromatic heterocycles. The van der Waals surface area contributed by atoms with Gasteiger partial charge in [0.25, 0.3) is 5.91 Å². The molecule has 2 aliphatic rings. The van der Waals surface area contributed by atoms with Gasteiger partial charge in [-0.3, -0.25) is 14.6 Å². The van der Waals surface area contributed by atoms with E-state index in [0.29, 0.717) is 25.1 Å². The van der Waals surface area contributed by atoms with Crippen LogP contribution in [0.15, 0.2) is 48.5 Å². The molecule has 184 valence electrons. The molecule has 0 unspecified atom stereocenters. The first kappa shape index (κ1) is 24.6. The van der Waals surface area contributed by atoms with Gasteiger partial charge in [0, 0.05) is 18.2 Å². The molecule has 0 radical (unpaired) electrons. The molecule has 7 nitrogen and oxygen atoms in total. The minimum atomic E-state index is -0.920. The first-order valence-corrected chi connectivity index (χ1v) is 12.1. The Kier molecular flexibility index (Phi) is 7.62. The lowest BCUT2D eigenvalue weighted by Gasteiger charge is -2.41. The zero-order valence-corrected chi connectivity index (χ0v) is 20.4. The second kappa shape index (κ2) is 10.8. The summed E-state index contributed by atoms with van der Waals surface area (Å²) in [5, 5.41) is 13.4. The van der Waals surface area contributed by atoms with Gasteiger partial charge in [-0.2, -0.15) is 0 Å². The van der Waals surface area contributed by atoms with E-state index < -0.39 is 5.54 Å². The SMILES string of the molecule is CC#CCN1C(=O)N[C@](CCc2ccccc2)(C2CCN(Cc3ccc(OC)cc3O)CC2)C1=O. The van der Waals surface area contributed by atoms with Crippen molar-refractivity contribution < 1.29 is 19.4 Å². The van der Waals surface area contributed by atoms with Crippen molar-refractivity contribution in [3.8, 4) is 23.3 Å². The molecule has 7 heteroatoms. The highest BCUT2D eigenvalue weighted by Crippen LogP contribution is 2.38. The Morgan fingerprint density at radius 1 is 1.14 bits per heavy atom. The van der Waals surface area contributed by atoms with Crippen LogP contribution in [0.3, 0.4) is 0 Å². The number of hydrogen-bond acceptors (Lipinski definition) is 5. The number of carbonyl (C=O) groups is 2. The monoisotopic (exact) mass is 475 g/mol. The van der Waals surface area contributed by atoms with Crippen molar-refractivity contribution in [2.75, 3.05) is 26.7 Å². The van der Waals surface area contributed by atoms with Gasteiger partial charge < -0.3 is 15.2 Å². The number of hydrogen-bond donors (Lipinski definition) is 2. The molecular weight excluding hydrogens is 442 g/mol. The molecule has 2 fully saturated rings. The number of aryl methyl sites for hydroxylation is 1. The Hall–Kier alpha value is -3.50. The fraction of sp³-hybridized carbons (Fsp3) is 0.429. The van der Waals surface area contributed by atoms with Crippen molar-refractivity contribution in [2.24, 2.45) is 5.92 Å².